The molecule has 0 aliphatic carbocycles. The summed E-state index contributed by atoms with van der Waals surface area (Å²) in [5.74, 6) is 0.926. The van der Waals surface area contributed by atoms with E-state index in [1.807, 2.05) is 17.2 Å². The Labute approximate surface area is 165 Å². The smallest absolute Gasteiger partial charge is 0.274 e. The van der Waals surface area contributed by atoms with E-state index in [-0.39, 0.29) is 12.5 Å². The van der Waals surface area contributed by atoms with Gasteiger partial charge in [-0.25, -0.2) is 9.97 Å². The van der Waals surface area contributed by atoms with Crippen LogP contribution >= 0.6 is 0 Å². The molecule has 8 heteroatoms. The third-order valence-corrected chi connectivity index (χ3v) is 6.18. The van der Waals surface area contributed by atoms with Gasteiger partial charge >= 0.3 is 0 Å². The number of imidazole rings is 1. The van der Waals surface area contributed by atoms with Gasteiger partial charge < -0.3 is 14.9 Å². The molecule has 1 amide bonds. The third-order valence-electron chi connectivity index (χ3n) is 6.18. The predicted molar refractivity (Wildman–Crippen MR) is 106 cm³/mol. The van der Waals surface area contributed by atoms with Crippen LogP contribution in [0.3, 0.4) is 0 Å². The number of aliphatic hydroxyl groups is 1. The quantitative estimate of drug-likeness (QED) is 0.810. The van der Waals surface area contributed by atoms with Gasteiger partial charge in [-0.3, -0.25) is 14.1 Å². The van der Waals surface area contributed by atoms with Crippen molar-refractivity contribution in [1.82, 2.24) is 29.1 Å². The van der Waals surface area contributed by atoms with Crippen molar-refractivity contribution >= 4 is 11.7 Å². The lowest BCUT2D eigenvalue weighted by molar-refractivity contribution is 0.0215. The number of amides is 1. The summed E-state index contributed by atoms with van der Waals surface area (Å²) in [6.07, 6.45) is 8.02. The Morgan fingerprint density at radius 3 is 2.82 bits per heavy atom. The van der Waals surface area contributed by atoms with Crippen molar-refractivity contribution in [2.24, 2.45) is 5.92 Å². The molecule has 0 radical (unpaired) electrons. The molecule has 0 saturated carbocycles. The normalized spacial score (nSPS) is 24.7. The van der Waals surface area contributed by atoms with Crippen LogP contribution < -0.4 is 0 Å². The lowest BCUT2D eigenvalue weighted by atomic mass is 9.86. The molecule has 0 spiro atoms. The molecule has 2 atom stereocenters. The summed E-state index contributed by atoms with van der Waals surface area (Å²) in [6.45, 7) is 6.06. The van der Waals surface area contributed by atoms with E-state index < -0.39 is 0 Å². The first kappa shape index (κ1) is 19.3. The highest BCUT2D eigenvalue weighted by molar-refractivity contribution is 5.92. The van der Waals surface area contributed by atoms with Gasteiger partial charge in [-0.2, -0.15) is 0 Å². The van der Waals surface area contributed by atoms with Crippen LogP contribution in [0.5, 0.6) is 0 Å². The Morgan fingerprint density at radius 2 is 2.07 bits per heavy atom. The number of rotatable bonds is 5. The van der Waals surface area contributed by atoms with Gasteiger partial charge in [0.1, 0.15) is 5.69 Å². The molecule has 2 saturated heterocycles. The van der Waals surface area contributed by atoms with Crippen LogP contribution in [0, 0.1) is 5.92 Å². The van der Waals surface area contributed by atoms with E-state index in [1.165, 1.54) is 0 Å². The van der Waals surface area contributed by atoms with Gasteiger partial charge in [-0.15, -0.1) is 0 Å². The summed E-state index contributed by atoms with van der Waals surface area (Å²) in [4.78, 5) is 28.6. The van der Waals surface area contributed by atoms with Gasteiger partial charge in [0.25, 0.3) is 5.91 Å². The van der Waals surface area contributed by atoms with E-state index in [2.05, 4.69) is 26.8 Å². The molecule has 2 aromatic heterocycles. The zero-order chi connectivity index (χ0) is 19.5. The Hall–Kier alpha value is -2.03. The third kappa shape index (κ3) is 4.04. The Kier molecular flexibility index (Phi) is 5.89. The number of carbonyl (C=O) groups is 1. The van der Waals surface area contributed by atoms with Gasteiger partial charge in [-0.05, 0) is 38.3 Å². The zero-order valence-electron chi connectivity index (χ0n) is 16.6. The molecule has 4 rings (SSSR count). The van der Waals surface area contributed by atoms with Crippen LogP contribution in [0.4, 0.5) is 0 Å². The van der Waals surface area contributed by atoms with E-state index in [4.69, 9.17) is 0 Å². The molecule has 0 bridgehead atoms. The van der Waals surface area contributed by atoms with E-state index >= 15 is 0 Å². The fourth-order valence-corrected chi connectivity index (χ4v) is 4.57. The second-order valence-corrected chi connectivity index (χ2v) is 8.03. The molecular formula is C20H30N6O2. The maximum Gasteiger partial charge on any atom is 0.274 e. The molecule has 152 valence electrons. The van der Waals surface area contributed by atoms with Crippen molar-refractivity contribution in [2.75, 3.05) is 52.9 Å². The Morgan fingerprint density at radius 1 is 1.25 bits per heavy atom. The van der Waals surface area contributed by atoms with Gasteiger partial charge in [0.05, 0.1) is 0 Å². The number of nitrogens with zero attached hydrogens (tertiary/aromatic N) is 6. The number of piperidine rings is 1. The summed E-state index contributed by atoms with van der Waals surface area (Å²) in [6, 6.07) is 2.32. The van der Waals surface area contributed by atoms with Gasteiger partial charge in [0, 0.05) is 70.5 Å². The fraction of sp³-hybridized carbons (Fsp3) is 0.650. The number of aromatic nitrogens is 3. The maximum absolute atomic E-state index is 13.1. The second-order valence-electron chi connectivity index (χ2n) is 8.03. The van der Waals surface area contributed by atoms with Crippen molar-refractivity contribution in [3.8, 4) is 0 Å². The van der Waals surface area contributed by atoms with Gasteiger partial charge in [0.2, 0.25) is 5.78 Å². The predicted octanol–water partition coefficient (Wildman–Crippen LogP) is 0.580. The van der Waals surface area contributed by atoms with Gasteiger partial charge in [-0.1, -0.05) is 0 Å². The highest BCUT2D eigenvalue weighted by Gasteiger charge is 2.36. The van der Waals surface area contributed by atoms with Gasteiger partial charge in [0.15, 0.2) is 0 Å². The SMILES string of the molecule is CN1CCN(C2CCN(C(=O)c3cn4cccnc4n3)CC2CCCO)CC1. The topological polar surface area (TPSA) is 77.2 Å². The first-order valence-corrected chi connectivity index (χ1v) is 10.3. The second kappa shape index (κ2) is 8.55. The van der Waals surface area contributed by atoms with Crippen LogP contribution in [0.1, 0.15) is 29.8 Å². The number of fused-ring (bicyclic) bond motifs is 1. The molecule has 0 aromatic carbocycles. The number of piperazine rings is 1. The standard InChI is InChI=1S/C20H30N6O2/c1-23-9-11-24(12-10-23)18-5-8-25(14-16(18)4-2-13-27)19(28)17-15-26-7-3-6-21-20(26)22-17/h3,6-7,15-16,18,27H,2,4-5,8-14H2,1H3. The summed E-state index contributed by atoms with van der Waals surface area (Å²) < 4.78 is 1.79. The molecule has 2 fully saturated rings. The van der Waals surface area contributed by atoms with Crippen LogP contribution in [-0.2, 0) is 0 Å². The van der Waals surface area contributed by atoms with Crippen molar-refractivity contribution < 1.29 is 9.90 Å². The minimum Gasteiger partial charge on any atom is -0.396 e. The zero-order valence-corrected chi connectivity index (χ0v) is 16.6. The summed E-state index contributed by atoms with van der Waals surface area (Å²) in [7, 11) is 2.17. The maximum atomic E-state index is 13.1. The van der Waals surface area contributed by atoms with E-state index in [1.54, 1.807) is 16.8 Å². The summed E-state index contributed by atoms with van der Waals surface area (Å²) in [5.41, 5.74) is 0.456. The van der Waals surface area contributed by atoms with Crippen LogP contribution in [-0.4, -0.2) is 99.0 Å². The lowest BCUT2D eigenvalue weighted by Gasteiger charge is -2.46. The molecule has 28 heavy (non-hydrogen) atoms. The minimum absolute atomic E-state index is 0.0173. The molecule has 2 aromatic rings. The average Bonchev–Trinajstić information content (AvgIpc) is 3.16. The molecule has 2 unspecified atom stereocenters. The summed E-state index contributed by atoms with van der Waals surface area (Å²) >= 11 is 0. The Balaban J connectivity index is 1.46. The minimum atomic E-state index is -0.0173. The van der Waals surface area contributed by atoms with Crippen molar-refractivity contribution in [1.29, 1.82) is 0 Å². The van der Waals surface area contributed by atoms with Crippen molar-refractivity contribution in [2.45, 2.75) is 25.3 Å². The largest absolute Gasteiger partial charge is 0.396 e. The van der Waals surface area contributed by atoms with E-state index in [0.717, 1.165) is 58.5 Å². The monoisotopic (exact) mass is 386 g/mol. The number of carbonyl (C=O) groups excluding carboxylic acids is 1. The number of likely N-dealkylation sites (tertiary alicyclic amines) is 1. The van der Waals surface area contributed by atoms with Crippen LogP contribution in [0.15, 0.2) is 24.7 Å². The first-order valence-electron chi connectivity index (χ1n) is 10.3. The molecule has 2 aliphatic rings. The van der Waals surface area contributed by atoms with Crippen molar-refractivity contribution in [3.05, 3.63) is 30.4 Å². The number of hydrogen-bond donors (Lipinski definition) is 1. The van der Waals surface area contributed by atoms with Crippen LogP contribution in [0.25, 0.3) is 5.78 Å². The first-order chi connectivity index (χ1) is 13.7. The Bertz CT molecular complexity index is 768. The number of likely N-dealkylation sites (N-methyl/N-ethyl adjacent to an activating group) is 1. The summed E-state index contributed by atoms with van der Waals surface area (Å²) in [5, 5.41) is 9.34. The highest BCUT2D eigenvalue weighted by atomic mass is 16.3. The van der Waals surface area contributed by atoms with E-state index in [0.29, 0.717) is 23.4 Å². The van der Waals surface area contributed by atoms with E-state index in [9.17, 15) is 9.90 Å². The van der Waals surface area contributed by atoms with Crippen molar-refractivity contribution in [3.63, 3.8) is 0 Å². The highest BCUT2D eigenvalue weighted by Crippen LogP contribution is 2.28. The number of aliphatic hydroxyl groups excluding tert-OH is 1. The lowest BCUT2D eigenvalue weighted by Crippen LogP contribution is -2.57. The average molecular weight is 387 g/mol. The molecule has 1 N–H and O–H groups in total. The fourth-order valence-electron chi connectivity index (χ4n) is 4.57. The number of hydrogen-bond acceptors (Lipinski definition) is 6. The molecule has 4 heterocycles. The molecular weight excluding hydrogens is 356 g/mol. The van der Waals surface area contributed by atoms with Crippen LogP contribution in [0.2, 0.25) is 0 Å². The molecule has 8 nitrogen and oxygen atoms in total. The molecule has 2 aliphatic heterocycles.